The summed E-state index contributed by atoms with van der Waals surface area (Å²) in [6.45, 7) is 0.397. The van der Waals surface area contributed by atoms with E-state index in [4.69, 9.17) is 18.9 Å². The Morgan fingerprint density at radius 3 is 2.14 bits per heavy atom. The SMILES string of the molecule is COc1cc2c(cc1OC)Oc1ncnc(Oc3ccc(NC(=O)C4(C(=O)Nc5ccc(F)cc5)CC4)cc3)c1NC2. The highest BCUT2D eigenvalue weighted by molar-refractivity contribution is 6.16. The van der Waals surface area contributed by atoms with Crippen molar-refractivity contribution in [2.24, 2.45) is 5.41 Å². The summed E-state index contributed by atoms with van der Waals surface area (Å²) in [7, 11) is 3.11. The summed E-state index contributed by atoms with van der Waals surface area (Å²) in [6, 6.07) is 15.6. The van der Waals surface area contributed by atoms with Crippen LogP contribution in [-0.4, -0.2) is 36.0 Å². The quantitative estimate of drug-likeness (QED) is 0.235. The first kappa shape index (κ1) is 26.8. The van der Waals surface area contributed by atoms with Gasteiger partial charge in [0.05, 0.1) is 14.2 Å². The van der Waals surface area contributed by atoms with Crippen molar-refractivity contribution >= 4 is 28.9 Å². The second-order valence-corrected chi connectivity index (χ2v) is 9.75. The summed E-state index contributed by atoms with van der Waals surface area (Å²) >= 11 is 0. The van der Waals surface area contributed by atoms with Crippen LogP contribution in [0.25, 0.3) is 0 Å². The first-order valence-corrected chi connectivity index (χ1v) is 13.1. The molecule has 0 spiro atoms. The van der Waals surface area contributed by atoms with Crippen molar-refractivity contribution in [2.75, 3.05) is 30.2 Å². The Bertz CT molecular complexity index is 1660. The minimum atomic E-state index is -1.17. The second kappa shape index (κ2) is 10.9. The number of aromatic nitrogens is 2. The largest absolute Gasteiger partial charge is 0.493 e. The van der Waals surface area contributed by atoms with E-state index in [9.17, 15) is 14.0 Å². The molecule has 0 bridgehead atoms. The lowest BCUT2D eigenvalue weighted by molar-refractivity contribution is -0.131. The Morgan fingerprint density at radius 1 is 0.905 bits per heavy atom. The van der Waals surface area contributed by atoms with E-state index in [0.29, 0.717) is 59.4 Å². The molecule has 6 rings (SSSR count). The van der Waals surface area contributed by atoms with Gasteiger partial charge in [-0.3, -0.25) is 9.59 Å². The van der Waals surface area contributed by atoms with Gasteiger partial charge in [-0.2, -0.15) is 9.97 Å². The number of benzene rings is 3. The third kappa shape index (κ3) is 5.21. The molecule has 214 valence electrons. The lowest BCUT2D eigenvalue weighted by Crippen LogP contribution is -2.35. The van der Waals surface area contributed by atoms with Crippen LogP contribution in [0.5, 0.6) is 34.8 Å². The maximum absolute atomic E-state index is 13.2. The van der Waals surface area contributed by atoms with E-state index in [1.807, 2.05) is 6.07 Å². The lowest BCUT2D eigenvalue weighted by Gasteiger charge is -2.16. The van der Waals surface area contributed by atoms with Crippen LogP contribution >= 0.6 is 0 Å². The topological polar surface area (TPSA) is 133 Å². The van der Waals surface area contributed by atoms with Crippen LogP contribution in [0.15, 0.2) is 67.0 Å². The maximum Gasteiger partial charge on any atom is 0.250 e. The molecule has 2 heterocycles. The fourth-order valence-electron chi connectivity index (χ4n) is 4.52. The molecular weight excluding hydrogens is 545 g/mol. The molecule has 1 aromatic heterocycles. The molecule has 42 heavy (non-hydrogen) atoms. The number of fused-ring (bicyclic) bond motifs is 2. The van der Waals surface area contributed by atoms with Gasteiger partial charge >= 0.3 is 0 Å². The van der Waals surface area contributed by atoms with Gasteiger partial charge in [-0.25, -0.2) is 4.39 Å². The van der Waals surface area contributed by atoms with Gasteiger partial charge < -0.3 is 34.9 Å². The Kier molecular flexibility index (Phi) is 6.95. The van der Waals surface area contributed by atoms with Gasteiger partial charge in [0.2, 0.25) is 23.6 Å². The number of ether oxygens (including phenoxy) is 4. The van der Waals surface area contributed by atoms with Crippen LogP contribution in [-0.2, 0) is 16.1 Å². The van der Waals surface area contributed by atoms with Crippen LogP contribution < -0.4 is 34.9 Å². The fraction of sp³-hybridized carbons (Fsp3) is 0.200. The third-order valence-corrected chi connectivity index (χ3v) is 7.05. The Labute approximate surface area is 240 Å². The number of methoxy groups -OCH3 is 2. The number of carbonyl (C=O) groups is 2. The molecule has 1 aliphatic carbocycles. The van der Waals surface area contributed by atoms with E-state index in [2.05, 4.69) is 25.9 Å². The number of nitrogens with one attached hydrogen (secondary N) is 3. The van der Waals surface area contributed by atoms with Gasteiger partial charge in [0, 0.05) is 29.5 Å². The number of halogens is 1. The minimum Gasteiger partial charge on any atom is -0.493 e. The molecule has 1 aliphatic heterocycles. The zero-order valence-electron chi connectivity index (χ0n) is 22.7. The molecule has 3 aromatic carbocycles. The predicted octanol–water partition coefficient (Wildman–Crippen LogP) is 5.50. The number of rotatable bonds is 8. The summed E-state index contributed by atoms with van der Waals surface area (Å²) in [5, 5.41) is 8.77. The smallest absolute Gasteiger partial charge is 0.250 e. The summed E-state index contributed by atoms with van der Waals surface area (Å²) in [5.74, 6) is 1.39. The zero-order chi connectivity index (χ0) is 29.3. The minimum absolute atomic E-state index is 0.248. The number of hydrogen-bond acceptors (Lipinski definition) is 9. The van der Waals surface area contributed by atoms with E-state index in [-0.39, 0.29) is 11.8 Å². The average molecular weight is 572 g/mol. The Balaban J connectivity index is 1.12. The number of amides is 2. The molecule has 0 atom stereocenters. The molecule has 3 N–H and O–H groups in total. The normalized spacial score (nSPS) is 14.1. The van der Waals surface area contributed by atoms with Crippen LogP contribution in [0.4, 0.5) is 21.5 Å². The van der Waals surface area contributed by atoms with Crippen molar-refractivity contribution in [2.45, 2.75) is 19.4 Å². The van der Waals surface area contributed by atoms with Crippen LogP contribution in [0, 0.1) is 11.2 Å². The van der Waals surface area contributed by atoms with Gasteiger partial charge in [-0.05, 0) is 67.4 Å². The molecule has 1 saturated carbocycles. The fourth-order valence-corrected chi connectivity index (χ4v) is 4.52. The standard InChI is InChI=1S/C30H26FN5O6/c1-39-23-13-17-15-32-25-26(33-16-34-27(25)42-22(17)14-24(23)40-2)41-21-9-7-20(8-10-21)36-29(38)30(11-12-30)28(37)35-19-5-3-18(31)4-6-19/h3-10,13-14,16,32H,11-12,15H2,1-2H3,(H,35,37)(H,36,38). The Hall–Kier alpha value is -5.39. The van der Waals surface area contributed by atoms with Crippen LogP contribution in [0.3, 0.4) is 0 Å². The first-order valence-electron chi connectivity index (χ1n) is 13.1. The molecule has 0 radical (unpaired) electrons. The molecule has 0 saturated heterocycles. The molecule has 2 aliphatic rings. The average Bonchev–Trinajstić information content (AvgIpc) is 3.83. The van der Waals surface area contributed by atoms with E-state index in [0.717, 1.165) is 5.56 Å². The van der Waals surface area contributed by atoms with Crippen molar-refractivity contribution in [1.82, 2.24) is 9.97 Å². The molecule has 1 fully saturated rings. The summed E-state index contributed by atoms with van der Waals surface area (Å²) in [4.78, 5) is 34.4. The highest BCUT2D eigenvalue weighted by Gasteiger charge is 2.56. The molecule has 2 amide bonds. The molecule has 12 heteroatoms. The summed E-state index contributed by atoms with van der Waals surface area (Å²) in [6.07, 6.45) is 2.18. The van der Waals surface area contributed by atoms with Gasteiger partial charge in [0.25, 0.3) is 0 Å². The number of anilines is 3. The zero-order valence-corrected chi connectivity index (χ0v) is 22.7. The monoisotopic (exact) mass is 571 g/mol. The third-order valence-electron chi connectivity index (χ3n) is 7.05. The molecule has 4 aromatic rings. The van der Waals surface area contributed by atoms with Gasteiger partial charge in [0.15, 0.2) is 17.2 Å². The number of hydrogen-bond donors (Lipinski definition) is 3. The van der Waals surface area contributed by atoms with E-state index in [1.54, 1.807) is 44.6 Å². The van der Waals surface area contributed by atoms with Crippen molar-refractivity contribution < 1.29 is 32.9 Å². The summed E-state index contributed by atoms with van der Waals surface area (Å²) < 4.78 is 36.0. The van der Waals surface area contributed by atoms with E-state index >= 15 is 0 Å². The maximum atomic E-state index is 13.2. The van der Waals surface area contributed by atoms with Gasteiger partial charge in [-0.15, -0.1) is 0 Å². The van der Waals surface area contributed by atoms with E-state index in [1.165, 1.54) is 30.6 Å². The first-order chi connectivity index (χ1) is 20.4. The van der Waals surface area contributed by atoms with Crippen molar-refractivity contribution in [3.63, 3.8) is 0 Å². The van der Waals surface area contributed by atoms with Gasteiger partial charge in [0.1, 0.15) is 29.1 Å². The number of carbonyl (C=O) groups excluding carboxylic acids is 2. The highest BCUT2D eigenvalue weighted by Crippen LogP contribution is 2.48. The van der Waals surface area contributed by atoms with E-state index < -0.39 is 23.0 Å². The molecule has 0 unspecified atom stereocenters. The van der Waals surface area contributed by atoms with Crippen LogP contribution in [0.2, 0.25) is 0 Å². The van der Waals surface area contributed by atoms with Crippen molar-refractivity contribution in [3.05, 3.63) is 78.4 Å². The number of nitrogens with zero attached hydrogens (tertiary/aromatic N) is 2. The lowest BCUT2D eigenvalue weighted by atomic mass is 10.0. The summed E-state index contributed by atoms with van der Waals surface area (Å²) in [5.41, 5.74) is 1.05. The highest BCUT2D eigenvalue weighted by atomic mass is 19.1. The van der Waals surface area contributed by atoms with Crippen molar-refractivity contribution in [1.29, 1.82) is 0 Å². The molecule has 11 nitrogen and oxygen atoms in total. The molecular formula is C30H26FN5O6. The van der Waals surface area contributed by atoms with Crippen LogP contribution in [0.1, 0.15) is 18.4 Å². The van der Waals surface area contributed by atoms with Crippen molar-refractivity contribution in [3.8, 4) is 34.8 Å². The Morgan fingerprint density at radius 2 is 1.52 bits per heavy atom. The van der Waals surface area contributed by atoms with Gasteiger partial charge in [-0.1, -0.05) is 0 Å². The predicted molar refractivity (Wildman–Crippen MR) is 151 cm³/mol. The second-order valence-electron chi connectivity index (χ2n) is 9.75.